The molecule has 1 atom stereocenters. The standard InChI is InChI=1S/C21H20N4O2/c1-15-5-2-7-18(11-15)24-14-17(13-20(24)26)23-21(27)16-6-3-8-19(12-16)25-10-4-9-22-25/h2-12,17H,13-14H2,1H3,(H,23,27)/t17-/m0/s1. The average molecular weight is 360 g/mol. The van der Waals surface area contributed by atoms with Gasteiger partial charge in [-0.1, -0.05) is 18.2 Å². The molecular formula is C21H20N4O2. The van der Waals surface area contributed by atoms with Crippen LogP contribution in [0.5, 0.6) is 0 Å². The molecule has 27 heavy (non-hydrogen) atoms. The number of benzene rings is 2. The first-order valence-electron chi connectivity index (χ1n) is 8.88. The number of hydrogen-bond acceptors (Lipinski definition) is 3. The number of nitrogens with zero attached hydrogens (tertiary/aromatic N) is 3. The highest BCUT2D eigenvalue weighted by Crippen LogP contribution is 2.22. The summed E-state index contributed by atoms with van der Waals surface area (Å²) in [6, 6.07) is 16.7. The van der Waals surface area contributed by atoms with Crippen molar-refractivity contribution >= 4 is 17.5 Å². The van der Waals surface area contributed by atoms with E-state index >= 15 is 0 Å². The van der Waals surface area contributed by atoms with Crippen LogP contribution in [0.15, 0.2) is 67.0 Å². The Morgan fingerprint density at radius 3 is 2.70 bits per heavy atom. The van der Waals surface area contributed by atoms with E-state index in [4.69, 9.17) is 0 Å². The highest BCUT2D eigenvalue weighted by molar-refractivity contribution is 5.99. The SMILES string of the molecule is Cc1cccc(N2C[C@@H](NC(=O)c3cccc(-n4cccn4)c3)CC2=O)c1. The summed E-state index contributed by atoms with van der Waals surface area (Å²) in [5, 5.41) is 7.17. The summed E-state index contributed by atoms with van der Waals surface area (Å²) in [6.45, 7) is 2.47. The number of carbonyl (C=O) groups excluding carboxylic acids is 2. The van der Waals surface area contributed by atoms with E-state index in [1.165, 1.54) is 0 Å². The summed E-state index contributed by atoms with van der Waals surface area (Å²) < 4.78 is 1.70. The molecule has 0 saturated carbocycles. The fraction of sp³-hybridized carbons (Fsp3) is 0.190. The largest absolute Gasteiger partial charge is 0.347 e. The van der Waals surface area contributed by atoms with Gasteiger partial charge in [0.1, 0.15) is 0 Å². The van der Waals surface area contributed by atoms with Gasteiger partial charge in [-0.25, -0.2) is 4.68 Å². The Balaban J connectivity index is 1.46. The smallest absolute Gasteiger partial charge is 0.251 e. The lowest BCUT2D eigenvalue weighted by Crippen LogP contribution is -2.37. The zero-order chi connectivity index (χ0) is 18.8. The first-order valence-corrected chi connectivity index (χ1v) is 8.88. The quantitative estimate of drug-likeness (QED) is 0.778. The van der Waals surface area contributed by atoms with Crippen molar-refractivity contribution < 1.29 is 9.59 Å². The Morgan fingerprint density at radius 1 is 1.11 bits per heavy atom. The summed E-state index contributed by atoms with van der Waals surface area (Å²) in [4.78, 5) is 26.8. The van der Waals surface area contributed by atoms with Crippen molar-refractivity contribution in [1.82, 2.24) is 15.1 Å². The molecule has 0 unspecified atom stereocenters. The fourth-order valence-corrected chi connectivity index (χ4v) is 3.33. The molecule has 2 amide bonds. The molecule has 2 heterocycles. The molecule has 0 spiro atoms. The summed E-state index contributed by atoms with van der Waals surface area (Å²) in [6.07, 6.45) is 3.82. The maximum Gasteiger partial charge on any atom is 0.251 e. The molecule has 1 fully saturated rings. The molecule has 0 radical (unpaired) electrons. The van der Waals surface area contributed by atoms with Crippen LogP contribution in [-0.2, 0) is 4.79 Å². The molecule has 0 bridgehead atoms. The predicted octanol–water partition coefficient (Wildman–Crippen LogP) is 2.72. The van der Waals surface area contributed by atoms with Crippen molar-refractivity contribution in [2.75, 3.05) is 11.4 Å². The molecule has 6 heteroatoms. The summed E-state index contributed by atoms with van der Waals surface area (Å²) in [7, 11) is 0. The second-order valence-corrected chi connectivity index (χ2v) is 6.72. The fourth-order valence-electron chi connectivity index (χ4n) is 3.33. The second kappa shape index (κ2) is 7.07. The molecule has 136 valence electrons. The third kappa shape index (κ3) is 3.60. The summed E-state index contributed by atoms with van der Waals surface area (Å²) in [5.41, 5.74) is 3.33. The van der Waals surface area contributed by atoms with Gasteiger partial charge in [-0.2, -0.15) is 5.10 Å². The zero-order valence-corrected chi connectivity index (χ0v) is 15.0. The third-order valence-electron chi connectivity index (χ3n) is 4.65. The molecule has 1 N–H and O–H groups in total. The minimum atomic E-state index is -0.209. The van der Waals surface area contributed by atoms with E-state index in [2.05, 4.69) is 10.4 Å². The van der Waals surface area contributed by atoms with E-state index in [-0.39, 0.29) is 17.9 Å². The van der Waals surface area contributed by atoms with Crippen LogP contribution in [0.25, 0.3) is 5.69 Å². The topological polar surface area (TPSA) is 67.2 Å². The number of aromatic nitrogens is 2. The van der Waals surface area contributed by atoms with Gasteiger partial charge in [0.2, 0.25) is 5.91 Å². The number of anilines is 1. The van der Waals surface area contributed by atoms with E-state index in [0.717, 1.165) is 16.9 Å². The molecule has 0 aliphatic carbocycles. The Bertz CT molecular complexity index is 981. The minimum Gasteiger partial charge on any atom is -0.347 e. The molecular weight excluding hydrogens is 340 g/mol. The van der Waals surface area contributed by atoms with Crippen LogP contribution in [-0.4, -0.2) is 34.2 Å². The lowest BCUT2D eigenvalue weighted by molar-refractivity contribution is -0.117. The van der Waals surface area contributed by atoms with E-state index in [9.17, 15) is 9.59 Å². The second-order valence-electron chi connectivity index (χ2n) is 6.72. The normalized spacial score (nSPS) is 16.6. The number of rotatable bonds is 4. The Labute approximate surface area is 157 Å². The predicted molar refractivity (Wildman–Crippen MR) is 103 cm³/mol. The van der Waals surface area contributed by atoms with E-state index in [0.29, 0.717) is 18.5 Å². The van der Waals surface area contributed by atoms with E-state index in [1.54, 1.807) is 27.9 Å². The van der Waals surface area contributed by atoms with Gasteiger partial charge in [0, 0.05) is 36.6 Å². The van der Waals surface area contributed by atoms with Crippen molar-refractivity contribution in [3.05, 3.63) is 78.1 Å². The minimum absolute atomic E-state index is 0.0243. The molecule has 4 rings (SSSR count). The monoisotopic (exact) mass is 360 g/mol. The van der Waals surface area contributed by atoms with Crippen LogP contribution in [0.4, 0.5) is 5.69 Å². The maximum absolute atomic E-state index is 12.7. The van der Waals surface area contributed by atoms with Gasteiger partial charge in [0.25, 0.3) is 5.91 Å². The summed E-state index contributed by atoms with van der Waals surface area (Å²) >= 11 is 0. The molecule has 6 nitrogen and oxygen atoms in total. The van der Waals surface area contributed by atoms with Crippen molar-refractivity contribution in [1.29, 1.82) is 0 Å². The molecule has 2 aromatic carbocycles. The van der Waals surface area contributed by atoms with Crippen LogP contribution in [0.1, 0.15) is 22.3 Å². The van der Waals surface area contributed by atoms with E-state index < -0.39 is 0 Å². The van der Waals surface area contributed by atoms with Gasteiger partial charge in [-0.05, 0) is 48.9 Å². The average Bonchev–Trinajstić information content (AvgIpc) is 3.32. The highest BCUT2D eigenvalue weighted by atomic mass is 16.2. The van der Waals surface area contributed by atoms with Crippen molar-refractivity contribution in [2.45, 2.75) is 19.4 Å². The lowest BCUT2D eigenvalue weighted by atomic mass is 10.1. The molecule has 1 aliphatic heterocycles. The van der Waals surface area contributed by atoms with Crippen LogP contribution in [0.3, 0.4) is 0 Å². The van der Waals surface area contributed by atoms with Crippen LogP contribution in [0.2, 0.25) is 0 Å². The van der Waals surface area contributed by atoms with Gasteiger partial charge >= 0.3 is 0 Å². The number of aryl methyl sites for hydroxylation is 1. The zero-order valence-electron chi connectivity index (χ0n) is 15.0. The molecule has 1 aliphatic rings. The number of carbonyl (C=O) groups is 2. The number of amides is 2. The first kappa shape index (κ1) is 17.0. The molecule has 1 saturated heterocycles. The van der Waals surface area contributed by atoms with Crippen LogP contribution >= 0.6 is 0 Å². The Hall–Kier alpha value is -3.41. The number of hydrogen-bond donors (Lipinski definition) is 1. The maximum atomic E-state index is 12.7. The van der Waals surface area contributed by atoms with Gasteiger partial charge in [-0.15, -0.1) is 0 Å². The summed E-state index contributed by atoms with van der Waals surface area (Å²) in [5.74, 6) is -0.163. The highest BCUT2D eigenvalue weighted by Gasteiger charge is 2.31. The first-order chi connectivity index (χ1) is 13.1. The Morgan fingerprint density at radius 2 is 1.93 bits per heavy atom. The Kier molecular flexibility index (Phi) is 4.46. The van der Waals surface area contributed by atoms with Crippen molar-refractivity contribution in [2.24, 2.45) is 0 Å². The van der Waals surface area contributed by atoms with Gasteiger partial charge in [0.15, 0.2) is 0 Å². The lowest BCUT2D eigenvalue weighted by Gasteiger charge is -2.18. The van der Waals surface area contributed by atoms with Gasteiger partial charge < -0.3 is 10.2 Å². The molecule has 1 aromatic heterocycles. The van der Waals surface area contributed by atoms with E-state index in [1.807, 2.05) is 55.6 Å². The third-order valence-corrected chi connectivity index (χ3v) is 4.65. The van der Waals surface area contributed by atoms with Gasteiger partial charge in [0.05, 0.1) is 11.7 Å². The van der Waals surface area contributed by atoms with Crippen molar-refractivity contribution in [3.63, 3.8) is 0 Å². The molecule has 3 aromatic rings. The van der Waals surface area contributed by atoms with Crippen molar-refractivity contribution in [3.8, 4) is 5.69 Å². The number of nitrogens with one attached hydrogen (secondary N) is 1. The van der Waals surface area contributed by atoms with Crippen LogP contribution in [0, 0.1) is 6.92 Å². The van der Waals surface area contributed by atoms with Gasteiger partial charge in [-0.3, -0.25) is 9.59 Å². The van der Waals surface area contributed by atoms with Crippen LogP contribution < -0.4 is 10.2 Å².